The number of nitrogens with zero attached hydrogens (tertiary/aromatic N) is 1. The van der Waals surface area contributed by atoms with Crippen LogP contribution in [0.15, 0.2) is 42.5 Å². The Labute approximate surface area is 153 Å². The molecule has 0 aliphatic carbocycles. The van der Waals surface area contributed by atoms with Crippen molar-refractivity contribution in [1.82, 2.24) is 4.90 Å². The highest BCUT2D eigenvalue weighted by molar-refractivity contribution is 5.70. The van der Waals surface area contributed by atoms with Crippen LogP contribution in [0.25, 0.3) is 0 Å². The minimum absolute atomic E-state index is 0.247. The third kappa shape index (κ3) is 3.88. The van der Waals surface area contributed by atoms with Gasteiger partial charge in [0.25, 0.3) is 0 Å². The lowest BCUT2D eigenvalue weighted by atomic mass is 9.90. The predicted octanol–water partition coefficient (Wildman–Crippen LogP) is 4.03. The zero-order chi connectivity index (χ0) is 18.7. The minimum Gasteiger partial charge on any atom is -0.496 e. The molecule has 5 heteroatoms. The lowest BCUT2D eigenvalue weighted by molar-refractivity contribution is -0.143. The number of carboxylic acids is 1. The van der Waals surface area contributed by atoms with Gasteiger partial charge < -0.3 is 9.84 Å². The number of likely N-dealkylation sites (tertiary alicyclic amines) is 1. The van der Waals surface area contributed by atoms with Crippen LogP contribution in [0.1, 0.15) is 35.6 Å². The minimum atomic E-state index is -0.774. The molecule has 0 bridgehead atoms. The fourth-order valence-electron chi connectivity index (χ4n) is 3.70. The van der Waals surface area contributed by atoms with Crippen LogP contribution in [-0.2, 0) is 4.79 Å². The van der Waals surface area contributed by atoms with Gasteiger partial charge in [0.1, 0.15) is 11.6 Å². The first kappa shape index (κ1) is 18.4. The standard InChI is InChI=1S/C21H24FNO3/c1-14-5-7-15(8-6-14)20(18-12-17(22)9-10-19(18)26-2)23-11-3-4-16(13-23)21(24)25/h5-10,12,16,20H,3-4,11,13H2,1-2H3,(H,24,25). The Morgan fingerprint density at radius 3 is 2.65 bits per heavy atom. The number of carbonyl (C=O) groups is 1. The Morgan fingerprint density at radius 1 is 1.27 bits per heavy atom. The van der Waals surface area contributed by atoms with Gasteiger partial charge in [0.2, 0.25) is 0 Å². The Hall–Kier alpha value is -2.40. The van der Waals surface area contributed by atoms with Gasteiger partial charge in [0.05, 0.1) is 19.1 Å². The van der Waals surface area contributed by atoms with Crippen LogP contribution >= 0.6 is 0 Å². The summed E-state index contributed by atoms with van der Waals surface area (Å²) in [7, 11) is 1.57. The number of aliphatic carboxylic acids is 1. The quantitative estimate of drug-likeness (QED) is 0.878. The molecule has 1 aliphatic rings. The maximum absolute atomic E-state index is 14.0. The second-order valence-electron chi connectivity index (χ2n) is 6.87. The van der Waals surface area contributed by atoms with Crippen LogP contribution in [0.5, 0.6) is 5.75 Å². The Bertz CT molecular complexity index is 775. The first-order valence-corrected chi connectivity index (χ1v) is 8.86. The summed E-state index contributed by atoms with van der Waals surface area (Å²) >= 11 is 0. The van der Waals surface area contributed by atoms with E-state index in [-0.39, 0.29) is 11.9 Å². The Morgan fingerprint density at radius 2 is 2.00 bits per heavy atom. The van der Waals surface area contributed by atoms with E-state index in [1.807, 2.05) is 31.2 Å². The number of halogens is 1. The normalized spacial score (nSPS) is 19.1. The lowest BCUT2D eigenvalue weighted by Crippen LogP contribution is -2.41. The predicted molar refractivity (Wildman–Crippen MR) is 97.9 cm³/mol. The summed E-state index contributed by atoms with van der Waals surface area (Å²) in [6, 6.07) is 12.3. The van der Waals surface area contributed by atoms with E-state index >= 15 is 0 Å². The van der Waals surface area contributed by atoms with E-state index in [9.17, 15) is 14.3 Å². The summed E-state index contributed by atoms with van der Waals surface area (Å²) in [6.07, 6.45) is 1.48. The van der Waals surface area contributed by atoms with Gasteiger partial charge >= 0.3 is 5.97 Å². The van der Waals surface area contributed by atoms with Crippen molar-refractivity contribution < 1.29 is 19.0 Å². The number of rotatable bonds is 5. The van der Waals surface area contributed by atoms with Gasteiger partial charge in [-0.1, -0.05) is 29.8 Å². The first-order valence-electron chi connectivity index (χ1n) is 8.86. The third-order valence-electron chi connectivity index (χ3n) is 5.05. The number of benzene rings is 2. The Balaban J connectivity index is 2.06. The molecule has 26 heavy (non-hydrogen) atoms. The van der Waals surface area contributed by atoms with Crippen molar-refractivity contribution in [2.45, 2.75) is 25.8 Å². The highest BCUT2D eigenvalue weighted by atomic mass is 19.1. The molecule has 1 aliphatic heterocycles. The van der Waals surface area contributed by atoms with Crippen molar-refractivity contribution in [3.8, 4) is 5.75 Å². The topological polar surface area (TPSA) is 49.8 Å². The van der Waals surface area contributed by atoms with Gasteiger partial charge in [-0.3, -0.25) is 9.69 Å². The van der Waals surface area contributed by atoms with Gasteiger partial charge in [-0.2, -0.15) is 0 Å². The maximum Gasteiger partial charge on any atom is 0.307 e. The number of ether oxygens (including phenoxy) is 1. The van der Waals surface area contributed by atoms with Crippen molar-refractivity contribution in [3.63, 3.8) is 0 Å². The molecule has 0 spiro atoms. The van der Waals surface area contributed by atoms with E-state index in [0.717, 1.165) is 29.7 Å². The van der Waals surface area contributed by atoms with Gasteiger partial charge in [-0.15, -0.1) is 0 Å². The van der Waals surface area contributed by atoms with E-state index in [1.165, 1.54) is 12.1 Å². The highest BCUT2D eigenvalue weighted by Gasteiger charge is 2.32. The number of aryl methyl sites for hydroxylation is 1. The van der Waals surface area contributed by atoms with E-state index in [1.54, 1.807) is 13.2 Å². The molecule has 3 rings (SSSR count). The fourth-order valence-corrected chi connectivity index (χ4v) is 3.70. The summed E-state index contributed by atoms with van der Waals surface area (Å²) in [5.41, 5.74) is 2.87. The zero-order valence-electron chi connectivity index (χ0n) is 15.1. The van der Waals surface area contributed by atoms with Crippen molar-refractivity contribution in [1.29, 1.82) is 0 Å². The van der Waals surface area contributed by atoms with Gasteiger partial charge in [0, 0.05) is 12.1 Å². The van der Waals surface area contributed by atoms with Crippen LogP contribution in [0.4, 0.5) is 4.39 Å². The number of piperidine rings is 1. The SMILES string of the molecule is COc1ccc(F)cc1C(c1ccc(C)cc1)N1CCCC(C(=O)O)C1. The fraction of sp³-hybridized carbons (Fsp3) is 0.381. The molecule has 1 fully saturated rings. The molecular weight excluding hydrogens is 333 g/mol. The molecule has 4 nitrogen and oxygen atoms in total. The smallest absolute Gasteiger partial charge is 0.307 e. The average Bonchev–Trinajstić information content (AvgIpc) is 2.64. The molecule has 1 N–H and O–H groups in total. The van der Waals surface area contributed by atoms with Crippen molar-refractivity contribution in [2.24, 2.45) is 5.92 Å². The highest BCUT2D eigenvalue weighted by Crippen LogP contribution is 2.37. The van der Waals surface area contributed by atoms with Crippen LogP contribution in [0.3, 0.4) is 0 Å². The lowest BCUT2D eigenvalue weighted by Gasteiger charge is -2.38. The molecule has 0 amide bonds. The van der Waals surface area contributed by atoms with Gasteiger partial charge in [0.15, 0.2) is 0 Å². The number of methoxy groups -OCH3 is 1. The number of carboxylic acid groups (broad SMARTS) is 1. The van der Waals surface area contributed by atoms with Gasteiger partial charge in [-0.05, 0) is 50.1 Å². The number of hydrogen-bond acceptors (Lipinski definition) is 3. The summed E-state index contributed by atoms with van der Waals surface area (Å²) < 4.78 is 19.5. The summed E-state index contributed by atoms with van der Waals surface area (Å²) in [5, 5.41) is 9.45. The molecule has 0 aromatic heterocycles. The second kappa shape index (κ2) is 7.87. The summed E-state index contributed by atoms with van der Waals surface area (Å²) in [6.45, 7) is 3.22. The maximum atomic E-state index is 14.0. The molecule has 0 radical (unpaired) electrons. The van der Waals surface area contributed by atoms with E-state index in [0.29, 0.717) is 18.7 Å². The van der Waals surface area contributed by atoms with Crippen LogP contribution in [0.2, 0.25) is 0 Å². The van der Waals surface area contributed by atoms with E-state index in [2.05, 4.69) is 4.90 Å². The van der Waals surface area contributed by atoms with E-state index in [4.69, 9.17) is 4.74 Å². The Kier molecular flexibility index (Phi) is 5.57. The molecule has 138 valence electrons. The third-order valence-corrected chi connectivity index (χ3v) is 5.05. The molecule has 1 saturated heterocycles. The largest absolute Gasteiger partial charge is 0.496 e. The molecule has 2 unspecified atom stereocenters. The molecule has 2 aromatic rings. The molecular formula is C21H24FNO3. The monoisotopic (exact) mass is 357 g/mol. The average molecular weight is 357 g/mol. The molecule has 1 heterocycles. The molecule has 2 aromatic carbocycles. The first-order chi connectivity index (χ1) is 12.5. The summed E-state index contributed by atoms with van der Waals surface area (Å²) in [5.74, 6) is -0.904. The zero-order valence-corrected chi connectivity index (χ0v) is 15.1. The van der Waals surface area contributed by atoms with Crippen molar-refractivity contribution in [2.75, 3.05) is 20.2 Å². The number of hydrogen-bond donors (Lipinski definition) is 1. The van der Waals surface area contributed by atoms with E-state index < -0.39 is 11.9 Å². The molecule has 0 saturated carbocycles. The van der Waals surface area contributed by atoms with Crippen LogP contribution in [-0.4, -0.2) is 36.2 Å². The van der Waals surface area contributed by atoms with Gasteiger partial charge in [-0.25, -0.2) is 4.39 Å². The summed E-state index contributed by atoms with van der Waals surface area (Å²) in [4.78, 5) is 13.6. The van der Waals surface area contributed by atoms with Crippen molar-refractivity contribution in [3.05, 3.63) is 65.0 Å². The van der Waals surface area contributed by atoms with Crippen LogP contribution in [0, 0.1) is 18.7 Å². The molecule has 2 atom stereocenters. The van der Waals surface area contributed by atoms with Crippen molar-refractivity contribution >= 4 is 5.97 Å². The second-order valence-corrected chi connectivity index (χ2v) is 6.87. The van der Waals surface area contributed by atoms with Crippen LogP contribution < -0.4 is 4.74 Å².